The van der Waals surface area contributed by atoms with Crippen LogP contribution in [0.2, 0.25) is 0 Å². The first-order valence-corrected chi connectivity index (χ1v) is 5.93. The van der Waals surface area contributed by atoms with Gasteiger partial charge in [0.1, 0.15) is 0 Å². The fraction of sp³-hybridized carbons (Fsp3) is 0.462. The average Bonchev–Trinajstić information content (AvgIpc) is 2.47. The molecule has 3 nitrogen and oxygen atoms in total. The fourth-order valence-electron chi connectivity index (χ4n) is 2.54. The van der Waals surface area contributed by atoms with E-state index in [2.05, 4.69) is 0 Å². The lowest BCUT2D eigenvalue weighted by Gasteiger charge is -2.30. The van der Waals surface area contributed by atoms with Gasteiger partial charge in [-0.15, -0.1) is 0 Å². The van der Waals surface area contributed by atoms with Crippen molar-refractivity contribution >= 4 is 17.3 Å². The number of nitrogen functional groups attached to an aromatic ring is 1. The second-order valence-electron chi connectivity index (χ2n) is 4.87. The molecule has 0 atom stereocenters. The molecule has 1 aromatic carbocycles. The van der Waals surface area contributed by atoms with E-state index in [0.29, 0.717) is 12.3 Å². The van der Waals surface area contributed by atoms with E-state index in [4.69, 9.17) is 5.73 Å². The van der Waals surface area contributed by atoms with Crippen molar-refractivity contribution in [1.29, 1.82) is 0 Å². The third-order valence-corrected chi connectivity index (χ3v) is 3.70. The molecular weight excluding hydrogens is 200 g/mol. The molecule has 1 saturated carbocycles. The third-order valence-electron chi connectivity index (χ3n) is 3.70. The zero-order valence-electron chi connectivity index (χ0n) is 9.28. The Kier molecular flexibility index (Phi) is 2.13. The van der Waals surface area contributed by atoms with Crippen LogP contribution in [-0.4, -0.2) is 12.5 Å². The number of fused-ring (bicyclic) bond motifs is 1. The standard InChI is InChI=1S/C13H16N2O/c14-11-4-5-12-10(6-11)7-13(16)15(12)8-9-2-1-3-9/h4-6,9H,1-3,7-8,14H2. The van der Waals surface area contributed by atoms with Crippen LogP contribution in [-0.2, 0) is 11.2 Å². The van der Waals surface area contributed by atoms with Crippen LogP contribution in [0.15, 0.2) is 18.2 Å². The van der Waals surface area contributed by atoms with Gasteiger partial charge in [-0.1, -0.05) is 6.42 Å². The molecule has 3 rings (SSSR count). The Balaban J connectivity index is 1.86. The Morgan fingerprint density at radius 1 is 1.38 bits per heavy atom. The van der Waals surface area contributed by atoms with E-state index < -0.39 is 0 Å². The van der Waals surface area contributed by atoms with Crippen LogP contribution in [0, 0.1) is 5.92 Å². The summed E-state index contributed by atoms with van der Waals surface area (Å²) in [4.78, 5) is 13.8. The molecule has 0 unspecified atom stereocenters. The van der Waals surface area contributed by atoms with Gasteiger partial charge in [-0.2, -0.15) is 0 Å². The first-order chi connectivity index (χ1) is 7.74. The molecule has 84 valence electrons. The number of amides is 1. The number of hydrogen-bond acceptors (Lipinski definition) is 2. The van der Waals surface area contributed by atoms with Gasteiger partial charge in [-0.3, -0.25) is 4.79 Å². The summed E-state index contributed by atoms with van der Waals surface area (Å²) < 4.78 is 0. The summed E-state index contributed by atoms with van der Waals surface area (Å²) >= 11 is 0. The maximum Gasteiger partial charge on any atom is 0.231 e. The number of nitrogens with two attached hydrogens (primary N) is 1. The van der Waals surface area contributed by atoms with Crippen LogP contribution < -0.4 is 10.6 Å². The van der Waals surface area contributed by atoms with Gasteiger partial charge in [-0.25, -0.2) is 0 Å². The van der Waals surface area contributed by atoms with Gasteiger partial charge in [0.2, 0.25) is 5.91 Å². The number of hydrogen-bond donors (Lipinski definition) is 1. The van der Waals surface area contributed by atoms with E-state index in [-0.39, 0.29) is 5.91 Å². The van der Waals surface area contributed by atoms with Gasteiger partial charge in [0.15, 0.2) is 0 Å². The van der Waals surface area contributed by atoms with E-state index in [1.165, 1.54) is 19.3 Å². The molecule has 0 saturated heterocycles. The van der Waals surface area contributed by atoms with Crippen LogP contribution in [0.1, 0.15) is 24.8 Å². The van der Waals surface area contributed by atoms with E-state index in [1.807, 2.05) is 23.1 Å². The number of carbonyl (C=O) groups excluding carboxylic acids is 1. The Bertz CT molecular complexity index is 438. The fourth-order valence-corrected chi connectivity index (χ4v) is 2.54. The molecule has 0 spiro atoms. The third kappa shape index (κ3) is 1.47. The van der Waals surface area contributed by atoms with Crippen LogP contribution in [0.5, 0.6) is 0 Å². The van der Waals surface area contributed by atoms with Crippen molar-refractivity contribution in [3.8, 4) is 0 Å². The van der Waals surface area contributed by atoms with Crippen LogP contribution >= 0.6 is 0 Å². The number of carbonyl (C=O) groups is 1. The Labute approximate surface area is 95.2 Å². The van der Waals surface area contributed by atoms with Crippen molar-refractivity contribution in [3.63, 3.8) is 0 Å². The van der Waals surface area contributed by atoms with E-state index in [9.17, 15) is 4.79 Å². The summed E-state index contributed by atoms with van der Waals surface area (Å²) in [5, 5.41) is 0. The van der Waals surface area contributed by atoms with Gasteiger partial charge < -0.3 is 10.6 Å². The minimum Gasteiger partial charge on any atom is -0.399 e. The lowest BCUT2D eigenvalue weighted by atomic mass is 9.85. The molecule has 1 aromatic rings. The van der Waals surface area contributed by atoms with Gasteiger partial charge in [0, 0.05) is 17.9 Å². The number of anilines is 2. The zero-order valence-corrected chi connectivity index (χ0v) is 9.28. The van der Waals surface area contributed by atoms with Crippen molar-refractivity contribution in [2.45, 2.75) is 25.7 Å². The van der Waals surface area contributed by atoms with Gasteiger partial charge in [0.25, 0.3) is 0 Å². The molecule has 1 heterocycles. The van der Waals surface area contributed by atoms with Gasteiger partial charge in [-0.05, 0) is 42.5 Å². The molecule has 1 aliphatic heterocycles. The minimum absolute atomic E-state index is 0.229. The summed E-state index contributed by atoms with van der Waals surface area (Å²) in [6.45, 7) is 0.899. The highest BCUT2D eigenvalue weighted by atomic mass is 16.2. The summed E-state index contributed by atoms with van der Waals surface area (Å²) in [5.74, 6) is 0.944. The molecule has 0 aromatic heterocycles. The highest BCUT2D eigenvalue weighted by Gasteiger charge is 2.30. The van der Waals surface area contributed by atoms with Gasteiger partial charge in [0.05, 0.1) is 6.42 Å². The Morgan fingerprint density at radius 3 is 2.88 bits per heavy atom. The lowest BCUT2D eigenvalue weighted by molar-refractivity contribution is -0.117. The van der Waals surface area contributed by atoms with Crippen LogP contribution in [0.25, 0.3) is 0 Å². The van der Waals surface area contributed by atoms with Crippen molar-refractivity contribution in [3.05, 3.63) is 23.8 Å². The molecule has 16 heavy (non-hydrogen) atoms. The maximum atomic E-state index is 11.9. The highest BCUT2D eigenvalue weighted by molar-refractivity contribution is 6.01. The largest absolute Gasteiger partial charge is 0.399 e. The lowest BCUT2D eigenvalue weighted by Crippen LogP contribution is -2.34. The monoisotopic (exact) mass is 216 g/mol. The molecular formula is C13H16N2O. The van der Waals surface area contributed by atoms with Gasteiger partial charge >= 0.3 is 0 Å². The number of nitrogens with zero attached hydrogens (tertiary/aromatic N) is 1. The summed E-state index contributed by atoms with van der Waals surface area (Å²) in [6, 6.07) is 5.79. The van der Waals surface area contributed by atoms with Crippen molar-refractivity contribution in [2.24, 2.45) is 5.92 Å². The predicted molar refractivity (Wildman–Crippen MR) is 64.3 cm³/mol. The Hall–Kier alpha value is -1.51. The second kappa shape index (κ2) is 3.51. The molecule has 0 bridgehead atoms. The highest BCUT2D eigenvalue weighted by Crippen LogP contribution is 2.34. The first kappa shape index (κ1) is 9.70. The van der Waals surface area contributed by atoms with E-state index in [1.54, 1.807) is 0 Å². The molecule has 2 aliphatic rings. The molecule has 3 heteroatoms. The maximum absolute atomic E-state index is 11.9. The second-order valence-corrected chi connectivity index (χ2v) is 4.87. The number of benzene rings is 1. The quantitative estimate of drug-likeness (QED) is 0.768. The van der Waals surface area contributed by atoms with Crippen LogP contribution in [0.3, 0.4) is 0 Å². The molecule has 2 N–H and O–H groups in total. The van der Waals surface area contributed by atoms with E-state index in [0.717, 1.165) is 23.5 Å². The zero-order chi connectivity index (χ0) is 11.1. The molecule has 1 amide bonds. The van der Waals surface area contributed by atoms with Crippen LogP contribution in [0.4, 0.5) is 11.4 Å². The van der Waals surface area contributed by atoms with E-state index >= 15 is 0 Å². The topological polar surface area (TPSA) is 46.3 Å². The summed E-state index contributed by atoms with van der Waals surface area (Å²) in [7, 11) is 0. The first-order valence-electron chi connectivity index (χ1n) is 5.93. The smallest absolute Gasteiger partial charge is 0.231 e. The molecule has 1 aliphatic carbocycles. The van der Waals surface area contributed by atoms with Crippen molar-refractivity contribution in [2.75, 3.05) is 17.2 Å². The summed E-state index contributed by atoms with van der Waals surface area (Å²) in [6.07, 6.45) is 4.39. The predicted octanol–water partition coefficient (Wildman–Crippen LogP) is 1.96. The molecule has 0 radical (unpaired) electrons. The Morgan fingerprint density at radius 2 is 2.19 bits per heavy atom. The minimum atomic E-state index is 0.229. The average molecular weight is 216 g/mol. The normalized spacial score (nSPS) is 19.8. The molecule has 1 fully saturated rings. The summed E-state index contributed by atoms with van der Waals surface area (Å²) in [5.41, 5.74) is 8.64. The number of rotatable bonds is 2. The van der Waals surface area contributed by atoms with Crippen molar-refractivity contribution in [1.82, 2.24) is 0 Å². The van der Waals surface area contributed by atoms with Crippen molar-refractivity contribution < 1.29 is 4.79 Å². The SMILES string of the molecule is Nc1ccc2c(c1)CC(=O)N2CC1CCC1.